The smallest absolute Gasteiger partial charge is 0.251 e. The van der Waals surface area contributed by atoms with E-state index < -0.39 is 0 Å². The van der Waals surface area contributed by atoms with E-state index in [2.05, 4.69) is 32.9 Å². The van der Waals surface area contributed by atoms with Crippen molar-refractivity contribution >= 4 is 17.4 Å². The minimum Gasteiger partial charge on any atom is -0.379 e. The van der Waals surface area contributed by atoms with E-state index >= 15 is 0 Å². The quantitative estimate of drug-likeness (QED) is 0.216. The van der Waals surface area contributed by atoms with E-state index in [1.54, 1.807) is 6.08 Å². The Balaban J connectivity index is 0.00000216. The maximum atomic E-state index is 14.1. The lowest BCUT2D eigenvalue weighted by atomic mass is 9.87. The van der Waals surface area contributed by atoms with Crippen molar-refractivity contribution in [3.8, 4) is 0 Å². The maximum absolute atomic E-state index is 14.1. The number of amides is 2. The van der Waals surface area contributed by atoms with E-state index in [0.717, 1.165) is 74.4 Å². The molecular weight excluding hydrogens is 550 g/mol. The Labute approximate surface area is 265 Å². The number of hydrogen-bond donors (Lipinski definition) is 2. The van der Waals surface area contributed by atoms with Crippen molar-refractivity contribution in [1.82, 2.24) is 25.3 Å². The zero-order valence-electron chi connectivity index (χ0n) is 27.9. The topological polar surface area (TPSA) is 88.5 Å². The third-order valence-corrected chi connectivity index (χ3v) is 9.97. The first-order chi connectivity index (χ1) is 21.4. The molecule has 8 heteroatoms. The molecule has 244 valence electrons. The fourth-order valence-electron chi connectivity index (χ4n) is 7.60. The monoisotopic (exact) mass is 607 g/mol. The van der Waals surface area contributed by atoms with Crippen LogP contribution in [-0.2, 0) is 20.7 Å². The van der Waals surface area contributed by atoms with Gasteiger partial charge >= 0.3 is 0 Å². The number of fused-ring (bicyclic) bond motifs is 1. The molecule has 3 heterocycles. The maximum Gasteiger partial charge on any atom is 0.251 e. The lowest BCUT2D eigenvalue weighted by molar-refractivity contribution is -0.121. The van der Waals surface area contributed by atoms with Crippen LogP contribution in [0.2, 0.25) is 0 Å². The van der Waals surface area contributed by atoms with Gasteiger partial charge in [0.05, 0.1) is 37.6 Å². The summed E-state index contributed by atoms with van der Waals surface area (Å²) in [6.45, 7) is 16.0. The van der Waals surface area contributed by atoms with Crippen molar-refractivity contribution in [3.63, 3.8) is 0 Å². The minimum atomic E-state index is -0.0548. The first-order valence-corrected chi connectivity index (χ1v) is 17.4. The van der Waals surface area contributed by atoms with Gasteiger partial charge in [0.15, 0.2) is 0 Å². The average molecular weight is 608 g/mol. The number of morpholine rings is 1. The summed E-state index contributed by atoms with van der Waals surface area (Å²) in [7, 11) is 0. The summed E-state index contributed by atoms with van der Waals surface area (Å²) in [6, 6.07) is 0.282. The lowest BCUT2D eigenvalue weighted by Crippen LogP contribution is -2.58. The third kappa shape index (κ3) is 8.30. The standard InChI is InChI=1S/C34H51N5O3.C2H6/c1-4-25(2)30(33(41)35-24-34(14-10-5-6-11-15-34)38-16-18-42-19-17-38)21-27-20-26(3)37-31(40)22-28-23-36-39(32(27)28)29-12-8-7-9-13-29;1-2/h4,21,23,26,29H,1,5-20,22,24H2,2-3H3,(H,35,41)(H,37,40);1-2H3/b27-21+,30-25+;. The highest BCUT2D eigenvalue weighted by Crippen LogP contribution is 2.36. The zero-order chi connectivity index (χ0) is 31.5. The Hall–Kier alpha value is -2.71. The Morgan fingerprint density at radius 1 is 1.11 bits per heavy atom. The molecule has 4 aliphatic rings. The van der Waals surface area contributed by atoms with Crippen LogP contribution in [-0.4, -0.2) is 70.9 Å². The van der Waals surface area contributed by atoms with Gasteiger partial charge in [-0.05, 0) is 63.2 Å². The molecule has 8 nitrogen and oxygen atoms in total. The minimum absolute atomic E-state index is 0.0257. The fourth-order valence-corrected chi connectivity index (χ4v) is 7.60. The first-order valence-electron chi connectivity index (χ1n) is 17.4. The molecule has 3 fully saturated rings. The van der Waals surface area contributed by atoms with Crippen LogP contribution < -0.4 is 10.6 Å². The number of ether oxygens (including phenoxy) is 1. The Morgan fingerprint density at radius 2 is 1.77 bits per heavy atom. The van der Waals surface area contributed by atoms with Crippen LogP contribution in [0.5, 0.6) is 0 Å². The number of nitrogens with one attached hydrogen (secondary N) is 2. The number of hydrogen-bond acceptors (Lipinski definition) is 5. The van der Waals surface area contributed by atoms with Gasteiger partial charge < -0.3 is 15.4 Å². The molecular formula is C36H57N5O3. The summed E-state index contributed by atoms with van der Waals surface area (Å²) < 4.78 is 7.85. The SMILES string of the molecule is C=C/C(C)=C(\C=C1/CC(C)NC(=O)Cc2cnn(C3CCCCC3)c21)C(=O)NCC1(N2CCOCC2)CCCCCC1.CC. The van der Waals surface area contributed by atoms with Crippen LogP contribution in [0.25, 0.3) is 5.57 Å². The molecule has 2 aliphatic heterocycles. The van der Waals surface area contributed by atoms with Gasteiger partial charge in [-0.3, -0.25) is 19.2 Å². The van der Waals surface area contributed by atoms with Gasteiger partial charge in [0.1, 0.15) is 0 Å². The molecule has 2 aliphatic carbocycles. The number of allylic oxidation sites excluding steroid dienone is 2. The number of aromatic nitrogens is 2. The highest BCUT2D eigenvalue weighted by atomic mass is 16.5. The molecule has 2 saturated carbocycles. The molecule has 44 heavy (non-hydrogen) atoms. The van der Waals surface area contributed by atoms with Crippen molar-refractivity contribution in [3.05, 3.63) is 47.3 Å². The summed E-state index contributed by atoms with van der Waals surface area (Å²) in [4.78, 5) is 29.4. The van der Waals surface area contributed by atoms with Gasteiger partial charge in [0, 0.05) is 42.4 Å². The first kappa shape index (κ1) is 34.2. The summed E-state index contributed by atoms with van der Waals surface area (Å²) in [5.74, 6) is -0.0283. The summed E-state index contributed by atoms with van der Waals surface area (Å²) >= 11 is 0. The van der Waals surface area contributed by atoms with Crippen LogP contribution in [0.1, 0.15) is 122 Å². The number of rotatable bonds is 7. The zero-order valence-corrected chi connectivity index (χ0v) is 27.9. The molecule has 0 aromatic carbocycles. The van der Waals surface area contributed by atoms with E-state index in [1.165, 1.54) is 44.9 Å². The van der Waals surface area contributed by atoms with Crippen molar-refractivity contribution in [1.29, 1.82) is 0 Å². The van der Waals surface area contributed by atoms with Crippen molar-refractivity contribution in [2.24, 2.45) is 0 Å². The van der Waals surface area contributed by atoms with Crippen LogP contribution in [0.15, 0.2) is 36.1 Å². The highest BCUT2D eigenvalue weighted by molar-refractivity contribution is 5.99. The van der Waals surface area contributed by atoms with E-state index in [1.807, 2.05) is 33.9 Å². The van der Waals surface area contributed by atoms with E-state index in [9.17, 15) is 9.59 Å². The van der Waals surface area contributed by atoms with E-state index in [0.29, 0.717) is 31.0 Å². The van der Waals surface area contributed by atoms with Gasteiger partial charge in [-0.25, -0.2) is 0 Å². The molecule has 1 aromatic rings. The number of nitrogens with zero attached hydrogens (tertiary/aromatic N) is 3. The Kier molecular flexibility index (Phi) is 12.9. The van der Waals surface area contributed by atoms with Gasteiger partial charge in [0.2, 0.25) is 5.91 Å². The van der Waals surface area contributed by atoms with E-state index in [-0.39, 0.29) is 23.4 Å². The Bertz CT molecular complexity index is 1180. The summed E-state index contributed by atoms with van der Waals surface area (Å²) in [6.07, 6.45) is 19.6. The predicted molar refractivity (Wildman–Crippen MR) is 178 cm³/mol. The van der Waals surface area contributed by atoms with Crippen molar-refractivity contribution < 1.29 is 14.3 Å². The molecule has 1 saturated heterocycles. The number of carbonyl (C=O) groups is 2. The average Bonchev–Trinajstić information content (AvgIpc) is 3.29. The molecule has 2 N–H and O–H groups in total. The molecule has 0 spiro atoms. The largest absolute Gasteiger partial charge is 0.379 e. The lowest BCUT2D eigenvalue weighted by Gasteiger charge is -2.45. The van der Waals surface area contributed by atoms with Crippen molar-refractivity contribution in [2.75, 3.05) is 32.8 Å². The second kappa shape index (κ2) is 16.6. The van der Waals surface area contributed by atoms with Crippen molar-refractivity contribution in [2.45, 2.75) is 129 Å². The molecule has 0 radical (unpaired) electrons. The predicted octanol–water partition coefficient (Wildman–Crippen LogP) is 6.29. The molecule has 0 bridgehead atoms. The molecule has 5 rings (SSSR count). The summed E-state index contributed by atoms with van der Waals surface area (Å²) in [5.41, 5.74) is 4.50. The number of carbonyl (C=O) groups excluding carboxylic acids is 2. The van der Waals surface area contributed by atoms with Crippen LogP contribution in [0.3, 0.4) is 0 Å². The second-order valence-electron chi connectivity index (χ2n) is 13.0. The molecule has 2 amide bonds. The molecule has 1 aromatic heterocycles. The van der Waals surface area contributed by atoms with Gasteiger partial charge in [-0.1, -0.05) is 71.4 Å². The van der Waals surface area contributed by atoms with Gasteiger partial charge in [-0.2, -0.15) is 5.10 Å². The van der Waals surface area contributed by atoms with Crippen LogP contribution in [0.4, 0.5) is 0 Å². The third-order valence-electron chi connectivity index (χ3n) is 9.97. The normalized spacial score (nSPS) is 24.8. The van der Waals surface area contributed by atoms with Crippen LogP contribution in [0, 0.1) is 0 Å². The fraction of sp³-hybridized carbons (Fsp3) is 0.694. The Morgan fingerprint density at radius 3 is 2.43 bits per heavy atom. The van der Waals surface area contributed by atoms with Gasteiger partial charge in [0.25, 0.3) is 5.91 Å². The summed E-state index contributed by atoms with van der Waals surface area (Å²) in [5, 5.41) is 11.4. The van der Waals surface area contributed by atoms with E-state index in [4.69, 9.17) is 9.84 Å². The highest BCUT2D eigenvalue weighted by Gasteiger charge is 2.38. The molecule has 1 unspecified atom stereocenters. The van der Waals surface area contributed by atoms with Crippen LogP contribution >= 0.6 is 0 Å². The van der Waals surface area contributed by atoms with Gasteiger partial charge in [-0.15, -0.1) is 0 Å². The molecule has 1 atom stereocenters. The second-order valence-corrected chi connectivity index (χ2v) is 13.0.